The quantitative estimate of drug-likeness (QED) is 0.659. The number of halogens is 4. The van der Waals surface area contributed by atoms with Crippen LogP contribution < -0.4 is 4.90 Å². The van der Waals surface area contributed by atoms with Gasteiger partial charge in [0.2, 0.25) is 5.89 Å². The summed E-state index contributed by atoms with van der Waals surface area (Å²) in [5, 5.41) is 0. The fourth-order valence-corrected chi connectivity index (χ4v) is 2.18. The average Bonchev–Trinajstić information content (AvgIpc) is 2.95. The number of hydrogen-bond donors (Lipinski definition) is 0. The summed E-state index contributed by atoms with van der Waals surface area (Å²) in [5.74, 6) is -2.33. The number of benzene rings is 2. The first kappa shape index (κ1) is 16.0. The highest BCUT2D eigenvalue weighted by Gasteiger charge is 2.41. The second kappa shape index (κ2) is 5.63. The molecular formula is C16H10F4N2O2. The fraction of sp³-hybridized carbons (Fsp3) is 0.125. The molecule has 4 nitrogen and oxygen atoms in total. The van der Waals surface area contributed by atoms with E-state index >= 15 is 0 Å². The predicted molar refractivity (Wildman–Crippen MR) is 78.9 cm³/mol. The third-order valence-electron chi connectivity index (χ3n) is 3.38. The molecule has 124 valence electrons. The van der Waals surface area contributed by atoms with Crippen LogP contribution in [0.5, 0.6) is 0 Å². The zero-order valence-corrected chi connectivity index (χ0v) is 12.3. The maximum atomic E-state index is 13.3. The van der Waals surface area contributed by atoms with Crippen molar-refractivity contribution in [2.45, 2.75) is 6.18 Å². The van der Waals surface area contributed by atoms with Crippen LogP contribution in [0.4, 0.5) is 23.2 Å². The highest BCUT2D eigenvalue weighted by atomic mass is 19.4. The van der Waals surface area contributed by atoms with Gasteiger partial charge >= 0.3 is 12.1 Å². The molecule has 0 spiro atoms. The molecular weight excluding hydrogens is 328 g/mol. The zero-order chi connectivity index (χ0) is 17.5. The van der Waals surface area contributed by atoms with Gasteiger partial charge < -0.3 is 9.32 Å². The Kier molecular flexibility index (Phi) is 3.75. The van der Waals surface area contributed by atoms with E-state index in [0.29, 0.717) is 16.0 Å². The molecule has 0 fully saturated rings. The van der Waals surface area contributed by atoms with Gasteiger partial charge in [-0.05, 0) is 36.4 Å². The molecule has 0 bridgehead atoms. The summed E-state index contributed by atoms with van der Waals surface area (Å²) in [6.45, 7) is 0. The Hall–Kier alpha value is -2.90. The highest BCUT2D eigenvalue weighted by Crippen LogP contribution is 2.29. The number of rotatable bonds is 2. The lowest BCUT2D eigenvalue weighted by Crippen LogP contribution is -2.38. The van der Waals surface area contributed by atoms with Crippen molar-refractivity contribution in [2.75, 3.05) is 11.9 Å². The van der Waals surface area contributed by atoms with Crippen LogP contribution in [0.2, 0.25) is 0 Å². The molecule has 0 unspecified atom stereocenters. The first-order chi connectivity index (χ1) is 11.3. The van der Waals surface area contributed by atoms with Crippen LogP contribution in [-0.2, 0) is 4.79 Å². The van der Waals surface area contributed by atoms with Gasteiger partial charge in [-0.1, -0.05) is 6.07 Å². The highest BCUT2D eigenvalue weighted by molar-refractivity contribution is 5.98. The van der Waals surface area contributed by atoms with Crippen LogP contribution in [0.3, 0.4) is 0 Å². The predicted octanol–water partition coefficient (Wildman–Crippen LogP) is 4.16. The number of anilines is 1. The molecule has 1 aromatic heterocycles. The Balaban J connectivity index is 1.99. The number of carbonyl (C=O) groups is 1. The number of carbonyl (C=O) groups excluding carboxylic acids is 1. The molecule has 1 amide bonds. The van der Waals surface area contributed by atoms with Crippen molar-refractivity contribution in [1.82, 2.24) is 4.98 Å². The van der Waals surface area contributed by atoms with Gasteiger partial charge in [0.05, 0.1) is 0 Å². The number of amides is 1. The summed E-state index contributed by atoms with van der Waals surface area (Å²) in [6.07, 6.45) is -4.97. The third-order valence-corrected chi connectivity index (χ3v) is 3.38. The van der Waals surface area contributed by atoms with E-state index in [1.165, 1.54) is 36.4 Å². The van der Waals surface area contributed by atoms with Gasteiger partial charge in [-0.2, -0.15) is 13.2 Å². The summed E-state index contributed by atoms with van der Waals surface area (Å²) in [4.78, 5) is 15.9. The van der Waals surface area contributed by atoms with Crippen LogP contribution in [0.15, 0.2) is 46.9 Å². The van der Waals surface area contributed by atoms with Gasteiger partial charge in [0, 0.05) is 18.3 Å². The summed E-state index contributed by atoms with van der Waals surface area (Å²) in [5.41, 5.74) is 0.982. The molecule has 3 aromatic rings. The maximum absolute atomic E-state index is 13.3. The molecule has 0 atom stereocenters. The van der Waals surface area contributed by atoms with Crippen LogP contribution in [0.25, 0.3) is 22.6 Å². The van der Waals surface area contributed by atoms with Crippen LogP contribution in [0.1, 0.15) is 0 Å². The van der Waals surface area contributed by atoms with Gasteiger partial charge in [0.15, 0.2) is 5.58 Å². The molecule has 24 heavy (non-hydrogen) atoms. The van der Waals surface area contributed by atoms with Crippen LogP contribution in [-0.4, -0.2) is 24.1 Å². The lowest BCUT2D eigenvalue weighted by Gasteiger charge is -2.18. The molecule has 0 aliphatic carbocycles. The Labute approximate surface area is 133 Å². The average molecular weight is 338 g/mol. The van der Waals surface area contributed by atoms with E-state index in [2.05, 4.69) is 4.98 Å². The molecule has 3 rings (SSSR count). The number of fused-ring (bicyclic) bond motifs is 1. The summed E-state index contributed by atoms with van der Waals surface area (Å²) >= 11 is 0. The number of nitrogens with zero attached hydrogens (tertiary/aromatic N) is 2. The molecule has 0 radical (unpaired) electrons. The van der Waals surface area contributed by atoms with Crippen molar-refractivity contribution in [3.05, 3.63) is 48.3 Å². The summed E-state index contributed by atoms with van der Waals surface area (Å²) < 4.78 is 56.2. The number of alkyl halides is 3. The smallest absolute Gasteiger partial charge is 0.436 e. The third kappa shape index (κ3) is 2.94. The monoisotopic (exact) mass is 338 g/mol. The lowest BCUT2D eigenvalue weighted by molar-refractivity contribution is -0.170. The maximum Gasteiger partial charge on any atom is 0.471 e. The van der Waals surface area contributed by atoms with E-state index in [1.54, 1.807) is 6.07 Å². The van der Waals surface area contributed by atoms with Crippen molar-refractivity contribution >= 4 is 22.7 Å². The first-order valence-electron chi connectivity index (χ1n) is 6.77. The number of aromatic nitrogens is 1. The largest absolute Gasteiger partial charge is 0.471 e. The fourth-order valence-electron chi connectivity index (χ4n) is 2.18. The van der Waals surface area contributed by atoms with Gasteiger partial charge in [0.25, 0.3) is 0 Å². The van der Waals surface area contributed by atoms with Crippen molar-refractivity contribution in [3.63, 3.8) is 0 Å². The van der Waals surface area contributed by atoms with E-state index in [0.717, 1.165) is 7.05 Å². The molecule has 0 aliphatic rings. The normalized spacial score (nSPS) is 11.7. The van der Waals surface area contributed by atoms with Gasteiger partial charge in [-0.25, -0.2) is 9.37 Å². The van der Waals surface area contributed by atoms with E-state index in [4.69, 9.17) is 4.42 Å². The Morgan fingerprint density at radius 2 is 1.92 bits per heavy atom. The van der Waals surface area contributed by atoms with Gasteiger partial charge in [-0.15, -0.1) is 0 Å². The van der Waals surface area contributed by atoms with E-state index in [9.17, 15) is 22.4 Å². The lowest BCUT2D eigenvalue weighted by atomic mass is 10.2. The van der Waals surface area contributed by atoms with Crippen molar-refractivity contribution in [2.24, 2.45) is 0 Å². The molecule has 2 aromatic carbocycles. The number of hydrogen-bond acceptors (Lipinski definition) is 3. The summed E-state index contributed by atoms with van der Waals surface area (Å²) in [7, 11) is 1.02. The van der Waals surface area contributed by atoms with E-state index in [1.807, 2.05) is 0 Å². The Morgan fingerprint density at radius 3 is 2.58 bits per heavy atom. The molecule has 8 heteroatoms. The Bertz CT molecular complexity index is 918. The van der Waals surface area contributed by atoms with Crippen molar-refractivity contribution in [1.29, 1.82) is 0 Å². The second-order valence-corrected chi connectivity index (χ2v) is 5.04. The van der Waals surface area contributed by atoms with Crippen molar-refractivity contribution in [3.8, 4) is 11.5 Å². The van der Waals surface area contributed by atoms with E-state index in [-0.39, 0.29) is 17.1 Å². The van der Waals surface area contributed by atoms with Gasteiger partial charge in [-0.3, -0.25) is 4.79 Å². The molecule has 0 saturated heterocycles. The first-order valence-corrected chi connectivity index (χ1v) is 6.77. The topological polar surface area (TPSA) is 46.3 Å². The van der Waals surface area contributed by atoms with Crippen molar-refractivity contribution < 1.29 is 26.8 Å². The second-order valence-electron chi connectivity index (χ2n) is 5.04. The van der Waals surface area contributed by atoms with Crippen LogP contribution in [0, 0.1) is 5.82 Å². The van der Waals surface area contributed by atoms with Crippen LogP contribution >= 0.6 is 0 Å². The van der Waals surface area contributed by atoms with Gasteiger partial charge in [0.1, 0.15) is 11.3 Å². The summed E-state index contributed by atoms with van der Waals surface area (Å²) in [6, 6.07) is 9.58. The van der Waals surface area contributed by atoms with E-state index < -0.39 is 17.9 Å². The standard InChI is InChI=1S/C16H10F4N2O2/c1-22(15(23)16(18,19)20)11-5-6-13-12(8-11)21-14(24-13)9-3-2-4-10(17)7-9/h2-8H,1H3. The molecule has 1 heterocycles. The SMILES string of the molecule is CN(C(=O)C(F)(F)F)c1ccc2oc(-c3cccc(F)c3)nc2c1. The zero-order valence-electron chi connectivity index (χ0n) is 12.3. The Morgan fingerprint density at radius 1 is 1.17 bits per heavy atom. The minimum absolute atomic E-state index is 0.0175. The number of oxazole rings is 1. The minimum atomic E-state index is -4.97. The minimum Gasteiger partial charge on any atom is -0.436 e. The molecule has 0 saturated carbocycles. The molecule has 0 aliphatic heterocycles. The molecule has 0 N–H and O–H groups in total.